The van der Waals surface area contributed by atoms with Gasteiger partial charge in [0, 0.05) is 11.8 Å². The van der Waals surface area contributed by atoms with Crippen molar-refractivity contribution in [1.29, 1.82) is 0 Å². The lowest BCUT2D eigenvalue weighted by atomic mass is 9.99. The number of halogens is 1. The summed E-state index contributed by atoms with van der Waals surface area (Å²) in [4.78, 5) is 12.3. The van der Waals surface area contributed by atoms with E-state index in [1.165, 1.54) is 24.8 Å². The zero-order valence-electron chi connectivity index (χ0n) is 17.7. The van der Waals surface area contributed by atoms with Crippen molar-refractivity contribution in [3.05, 3.63) is 52.5 Å². The van der Waals surface area contributed by atoms with Crippen LogP contribution in [0.5, 0.6) is 11.5 Å². The number of nitrogens with one attached hydrogen (secondary N) is 1. The molecular formula is C24H32BrNO3. The van der Waals surface area contributed by atoms with Crippen molar-refractivity contribution in [3.63, 3.8) is 0 Å². The number of carbonyl (C=O) groups is 1. The lowest BCUT2D eigenvalue weighted by molar-refractivity contribution is -0.118. The van der Waals surface area contributed by atoms with Crippen LogP contribution in [0.3, 0.4) is 0 Å². The molecule has 5 heteroatoms. The standard InChI is InChI=1S/C24H32BrNO3/c1-4-6-7-8-14-28-21-11-9-10-20(16-21)26-24(27)17-29-23-13-12-19(15-22(23)25)18(3)5-2/h9-13,15-16,18H,4-8,14,17H2,1-3H3,(H,26,27). The highest BCUT2D eigenvalue weighted by molar-refractivity contribution is 9.10. The van der Waals surface area contributed by atoms with Crippen molar-refractivity contribution >= 4 is 27.5 Å². The molecule has 1 unspecified atom stereocenters. The van der Waals surface area contributed by atoms with Crippen LogP contribution in [0.25, 0.3) is 0 Å². The maximum Gasteiger partial charge on any atom is 0.262 e. The van der Waals surface area contributed by atoms with Gasteiger partial charge in [0.2, 0.25) is 0 Å². The molecule has 0 bridgehead atoms. The Morgan fingerprint density at radius 1 is 1.07 bits per heavy atom. The Hall–Kier alpha value is -2.01. The first-order chi connectivity index (χ1) is 14.0. The van der Waals surface area contributed by atoms with E-state index in [4.69, 9.17) is 9.47 Å². The Morgan fingerprint density at radius 3 is 2.62 bits per heavy atom. The largest absolute Gasteiger partial charge is 0.494 e. The zero-order valence-corrected chi connectivity index (χ0v) is 19.3. The molecule has 0 heterocycles. The van der Waals surface area contributed by atoms with Crippen molar-refractivity contribution < 1.29 is 14.3 Å². The summed E-state index contributed by atoms with van der Waals surface area (Å²) in [5.74, 6) is 1.72. The van der Waals surface area contributed by atoms with Crippen LogP contribution in [0.2, 0.25) is 0 Å². The maximum absolute atomic E-state index is 12.3. The Balaban J connectivity index is 1.82. The van der Waals surface area contributed by atoms with Gasteiger partial charge in [-0.05, 0) is 64.5 Å². The van der Waals surface area contributed by atoms with Crippen LogP contribution in [0.1, 0.15) is 64.4 Å². The van der Waals surface area contributed by atoms with E-state index < -0.39 is 0 Å². The molecule has 0 aliphatic carbocycles. The van der Waals surface area contributed by atoms with Crippen LogP contribution in [0.15, 0.2) is 46.9 Å². The molecule has 2 rings (SSSR count). The van der Waals surface area contributed by atoms with Gasteiger partial charge in [-0.25, -0.2) is 0 Å². The molecule has 4 nitrogen and oxygen atoms in total. The quantitative estimate of drug-likeness (QED) is 0.348. The smallest absolute Gasteiger partial charge is 0.262 e. The summed E-state index contributed by atoms with van der Waals surface area (Å²) in [5, 5.41) is 2.86. The van der Waals surface area contributed by atoms with Crippen molar-refractivity contribution in [3.8, 4) is 11.5 Å². The molecule has 0 aliphatic rings. The highest BCUT2D eigenvalue weighted by Gasteiger charge is 2.10. The Morgan fingerprint density at radius 2 is 1.90 bits per heavy atom. The van der Waals surface area contributed by atoms with Crippen molar-refractivity contribution in [2.75, 3.05) is 18.5 Å². The second-order valence-electron chi connectivity index (χ2n) is 7.27. The summed E-state index contributed by atoms with van der Waals surface area (Å²) in [6.45, 7) is 7.19. The van der Waals surface area contributed by atoms with E-state index in [1.54, 1.807) is 0 Å². The molecule has 0 fully saturated rings. The molecule has 0 saturated heterocycles. The third kappa shape index (κ3) is 8.09. The minimum atomic E-state index is -0.206. The molecule has 0 radical (unpaired) electrons. The number of rotatable bonds is 12. The first-order valence-corrected chi connectivity index (χ1v) is 11.3. The van der Waals surface area contributed by atoms with Gasteiger partial charge in [0.1, 0.15) is 11.5 Å². The topological polar surface area (TPSA) is 47.6 Å². The third-order valence-electron chi connectivity index (χ3n) is 4.88. The predicted octanol–water partition coefficient (Wildman–Crippen LogP) is 6.94. The Labute approximate surface area is 183 Å². The Kier molecular flexibility index (Phi) is 10.1. The Bertz CT molecular complexity index is 778. The SMILES string of the molecule is CCCCCCOc1cccc(NC(=O)COc2ccc(C(C)CC)cc2Br)c1. The molecule has 1 N–H and O–H groups in total. The molecule has 0 aromatic heterocycles. The highest BCUT2D eigenvalue weighted by Crippen LogP contribution is 2.30. The van der Waals surface area contributed by atoms with Gasteiger partial charge in [0.15, 0.2) is 6.61 Å². The lowest BCUT2D eigenvalue weighted by Crippen LogP contribution is -2.20. The minimum Gasteiger partial charge on any atom is -0.494 e. The molecular weight excluding hydrogens is 430 g/mol. The van der Waals surface area contributed by atoms with E-state index in [1.807, 2.05) is 36.4 Å². The summed E-state index contributed by atoms with van der Waals surface area (Å²) < 4.78 is 12.3. The molecule has 0 spiro atoms. The average molecular weight is 462 g/mol. The normalized spacial score (nSPS) is 11.7. The molecule has 158 valence electrons. The fourth-order valence-corrected chi connectivity index (χ4v) is 3.41. The van der Waals surface area contributed by atoms with E-state index in [2.05, 4.69) is 48.1 Å². The number of anilines is 1. The fraction of sp³-hybridized carbons (Fsp3) is 0.458. The van der Waals surface area contributed by atoms with Crippen LogP contribution >= 0.6 is 15.9 Å². The van der Waals surface area contributed by atoms with Gasteiger partial charge in [0.25, 0.3) is 5.91 Å². The van der Waals surface area contributed by atoms with E-state index >= 15 is 0 Å². The first kappa shape index (κ1) is 23.3. The van der Waals surface area contributed by atoms with Crippen LogP contribution < -0.4 is 14.8 Å². The number of carbonyl (C=O) groups excluding carboxylic acids is 1. The lowest BCUT2D eigenvalue weighted by Gasteiger charge is -2.13. The molecule has 1 amide bonds. The van der Waals surface area contributed by atoms with Crippen LogP contribution in [0.4, 0.5) is 5.69 Å². The van der Waals surface area contributed by atoms with Crippen molar-refractivity contribution in [1.82, 2.24) is 0 Å². The average Bonchev–Trinajstić information content (AvgIpc) is 2.72. The predicted molar refractivity (Wildman–Crippen MR) is 123 cm³/mol. The molecule has 2 aromatic carbocycles. The molecule has 0 saturated carbocycles. The molecule has 29 heavy (non-hydrogen) atoms. The summed E-state index contributed by atoms with van der Waals surface area (Å²) >= 11 is 3.54. The van der Waals surface area contributed by atoms with Crippen LogP contribution in [-0.4, -0.2) is 19.1 Å². The fourth-order valence-electron chi connectivity index (χ4n) is 2.90. The molecule has 1 atom stereocenters. The number of benzene rings is 2. The highest BCUT2D eigenvalue weighted by atomic mass is 79.9. The second kappa shape index (κ2) is 12.5. The first-order valence-electron chi connectivity index (χ1n) is 10.5. The second-order valence-corrected chi connectivity index (χ2v) is 8.13. The monoisotopic (exact) mass is 461 g/mol. The summed E-state index contributed by atoms with van der Waals surface area (Å²) in [5.41, 5.74) is 1.96. The molecule has 2 aromatic rings. The number of hydrogen-bond acceptors (Lipinski definition) is 3. The van der Waals surface area contributed by atoms with Gasteiger partial charge in [-0.1, -0.05) is 52.2 Å². The summed E-state index contributed by atoms with van der Waals surface area (Å²) in [6.07, 6.45) is 5.75. The zero-order chi connectivity index (χ0) is 21.1. The molecule has 0 aliphatic heterocycles. The van der Waals surface area contributed by atoms with Crippen molar-refractivity contribution in [2.45, 2.75) is 58.8 Å². The van der Waals surface area contributed by atoms with Crippen molar-refractivity contribution in [2.24, 2.45) is 0 Å². The number of ether oxygens (including phenoxy) is 2. The van der Waals surface area contributed by atoms with Gasteiger partial charge in [-0.2, -0.15) is 0 Å². The van der Waals surface area contributed by atoms with Gasteiger partial charge < -0.3 is 14.8 Å². The van der Waals surface area contributed by atoms with E-state index in [0.717, 1.165) is 23.1 Å². The van der Waals surface area contributed by atoms with Gasteiger partial charge in [-0.3, -0.25) is 4.79 Å². The summed E-state index contributed by atoms with van der Waals surface area (Å²) in [6, 6.07) is 13.5. The van der Waals surface area contributed by atoms with E-state index in [-0.39, 0.29) is 12.5 Å². The summed E-state index contributed by atoms with van der Waals surface area (Å²) in [7, 11) is 0. The number of hydrogen-bond donors (Lipinski definition) is 1. The van der Waals surface area contributed by atoms with Crippen LogP contribution in [0, 0.1) is 0 Å². The maximum atomic E-state index is 12.3. The minimum absolute atomic E-state index is 0.0522. The van der Waals surface area contributed by atoms with E-state index in [9.17, 15) is 4.79 Å². The van der Waals surface area contributed by atoms with Gasteiger partial charge >= 0.3 is 0 Å². The van der Waals surface area contributed by atoms with Gasteiger partial charge in [0.05, 0.1) is 11.1 Å². The van der Waals surface area contributed by atoms with Gasteiger partial charge in [-0.15, -0.1) is 0 Å². The number of unbranched alkanes of at least 4 members (excludes halogenated alkanes) is 3. The third-order valence-corrected chi connectivity index (χ3v) is 5.50. The number of amides is 1. The van der Waals surface area contributed by atoms with Crippen LogP contribution in [-0.2, 0) is 4.79 Å². The van der Waals surface area contributed by atoms with E-state index in [0.29, 0.717) is 24.0 Å².